The van der Waals surface area contributed by atoms with Gasteiger partial charge < -0.3 is 10.5 Å². The van der Waals surface area contributed by atoms with E-state index >= 15 is 0 Å². The fourth-order valence-corrected chi connectivity index (χ4v) is 5.12. The number of ether oxygens (including phenoxy) is 1. The molecule has 0 saturated heterocycles. The number of aromatic nitrogens is 4. The van der Waals surface area contributed by atoms with Crippen LogP contribution in [0.4, 0.5) is 5.95 Å². The van der Waals surface area contributed by atoms with E-state index in [-0.39, 0.29) is 5.95 Å². The van der Waals surface area contributed by atoms with Crippen LogP contribution >= 0.6 is 0 Å². The van der Waals surface area contributed by atoms with Crippen molar-refractivity contribution in [2.45, 2.75) is 43.8 Å². The molecule has 0 radical (unpaired) electrons. The van der Waals surface area contributed by atoms with Gasteiger partial charge in [-0.2, -0.15) is 0 Å². The average molecular weight is 483 g/mol. The minimum absolute atomic E-state index is 0.0805. The number of sulfonamides is 1. The third-order valence-electron chi connectivity index (χ3n) is 5.82. The molecule has 1 unspecified atom stereocenters. The van der Waals surface area contributed by atoms with Crippen molar-refractivity contribution in [2.75, 3.05) is 11.3 Å². The van der Waals surface area contributed by atoms with Gasteiger partial charge >= 0.3 is 0 Å². The van der Waals surface area contributed by atoms with Gasteiger partial charge in [0.2, 0.25) is 27.8 Å². The lowest BCUT2D eigenvalue weighted by atomic mass is 9.74. The number of rotatable bonds is 10. The minimum atomic E-state index is -3.55. The monoisotopic (exact) mass is 482 g/mol. The lowest BCUT2D eigenvalue weighted by molar-refractivity contribution is -0.122. The molecular formula is C23H26N6O4S. The van der Waals surface area contributed by atoms with E-state index in [0.717, 1.165) is 5.56 Å². The van der Waals surface area contributed by atoms with E-state index in [4.69, 9.17) is 10.5 Å². The predicted octanol–water partition coefficient (Wildman–Crippen LogP) is 2.42. The Bertz CT molecular complexity index is 1290. The molecule has 1 amide bonds. The summed E-state index contributed by atoms with van der Waals surface area (Å²) in [7, 11) is -3.55. The Balaban J connectivity index is 1.70. The Morgan fingerprint density at radius 1 is 1.15 bits per heavy atom. The molecule has 4 rings (SSSR count). The molecule has 11 heteroatoms. The van der Waals surface area contributed by atoms with E-state index in [1.54, 1.807) is 30.6 Å². The topological polar surface area (TPSA) is 150 Å². The Morgan fingerprint density at radius 3 is 2.50 bits per heavy atom. The summed E-state index contributed by atoms with van der Waals surface area (Å²) in [6.45, 7) is 4.17. The molecule has 0 spiro atoms. The first-order valence-electron chi connectivity index (χ1n) is 11.0. The maximum atomic E-state index is 12.8. The maximum Gasteiger partial charge on any atom is 0.237 e. The van der Waals surface area contributed by atoms with Crippen molar-refractivity contribution in [1.82, 2.24) is 19.9 Å². The van der Waals surface area contributed by atoms with Gasteiger partial charge in [-0.3, -0.25) is 14.5 Å². The zero-order chi connectivity index (χ0) is 24.3. The van der Waals surface area contributed by atoms with Gasteiger partial charge in [-0.15, -0.1) is 0 Å². The summed E-state index contributed by atoms with van der Waals surface area (Å²) in [6, 6.07) is 8.79. The lowest BCUT2D eigenvalue weighted by Crippen LogP contribution is -2.42. The van der Waals surface area contributed by atoms with E-state index in [1.165, 1.54) is 6.20 Å². The molecule has 1 atom stereocenters. The third-order valence-corrected chi connectivity index (χ3v) is 7.63. The van der Waals surface area contributed by atoms with E-state index in [9.17, 15) is 13.2 Å². The number of carbonyl (C=O) groups is 1. The molecule has 1 fully saturated rings. The van der Waals surface area contributed by atoms with Crippen LogP contribution in [0, 0.1) is 0 Å². The van der Waals surface area contributed by atoms with Gasteiger partial charge in [0.05, 0.1) is 35.6 Å². The Kier molecular flexibility index (Phi) is 6.47. The first-order valence-corrected chi connectivity index (χ1v) is 12.6. The molecule has 3 aromatic rings. The van der Waals surface area contributed by atoms with Crippen molar-refractivity contribution >= 4 is 21.9 Å². The minimum Gasteiger partial charge on any atom is -0.477 e. The summed E-state index contributed by atoms with van der Waals surface area (Å²) in [4.78, 5) is 29.8. The number of hydrogen-bond acceptors (Lipinski definition) is 8. The molecule has 3 N–H and O–H groups in total. The number of nitrogens with two attached hydrogens (primary N) is 1. The van der Waals surface area contributed by atoms with Gasteiger partial charge in [-0.05, 0) is 37.8 Å². The Morgan fingerprint density at radius 2 is 1.88 bits per heavy atom. The molecule has 34 heavy (non-hydrogen) atoms. The standard InChI is InChI=1S/C23H26N6O4S/c1-3-23(21(24)30,19-11-12-26-22(28-19)29-34(31,32)17-9-10-17)16-7-5-15(6-8-16)18-13-25-14-20(27-18)33-4-2/h5-8,11-14,17H,3-4,9-10H2,1-2H3,(H2,24,30)(H,26,28,29). The normalized spacial score (nSPS) is 15.4. The van der Waals surface area contributed by atoms with Crippen molar-refractivity contribution in [1.29, 1.82) is 0 Å². The predicted molar refractivity (Wildman–Crippen MR) is 126 cm³/mol. The van der Waals surface area contributed by atoms with Crippen molar-refractivity contribution < 1.29 is 17.9 Å². The molecule has 2 heterocycles. The van der Waals surface area contributed by atoms with Crippen molar-refractivity contribution in [2.24, 2.45) is 5.73 Å². The van der Waals surface area contributed by atoms with Crippen LogP contribution in [0.5, 0.6) is 5.88 Å². The second kappa shape index (κ2) is 9.34. The van der Waals surface area contributed by atoms with Gasteiger partial charge in [-0.1, -0.05) is 31.2 Å². The molecular weight excluding hydrogens is 456 g/mol. The second-order valence-corrected chi connectivity index (χ2v) is 9.95. The number of hydrogen-bond donors (Lipinski definition) is 2. The molecule has 1 aliphatic carbocycles. The zero-order valence-electron chi connectivity index (χ0n) is 18.9. The van der Waals surface area contributed by atoms with E-state index < -0.39 is 26.6 Å². The first-order chi connectivity index (χ1) is 16.3. The molecule has 1 aromatic carbocycles. The molecule has 0 bridgehead atoms. The third kappa shape index (κ3) is 4.56. The molecule has 2 aromatic heterocycles. The van der Waals surface area contributed by atoms with Crippen molar-refractivity contribution in [3.8, 4) is 17.1 Å². The first kappa shape index (κ1) is 23.6. The van der Waals surface area contributed by atoms with Crippen LogP contribution in [0.2, 0.25) is 0 Å². The van der Waals surface area contributed by atoms with Crippen molar-refractivity contribution in [3.05, 3.63) is 60.2 Å². The van der Waals surface area contributed by atoms with Gasteiger partial charge in [0.15, 0.2) is 0 Å². The summed E-state index contributed by atoms with van der Waals surface area (Å²) >= 11 is 0. The largest absolute Gasteiger partial charge is 0.477 e. The summed E-state index contributed by atoms with van der Waals surface area (Å²) < 4.78 is 32.5. The van der Waals surface area contributed by atoms with Crippen LogP contribution in [0.15, 0.2) is 48.9 Å². The Labute approximate surface area is 198 Å². The fraction of sp³-hybridized carbons (Fsp3) is 0.348. The highest BCUT2D eigenvalue weighted by atomic mass is 32.2. The van der Waals surface area contributed by atoms with Crippen LogP contribution in [0.3, 0.4) is 0 Å². The number of anilines is 1. The molecule has 1 aliphatic rings. The number of carbonyl (C=O) groups excluding carboxylic acids is 1. The van der Waals surface area contributed by atoms with Crippen LogP contribution in [-0.4, -0.2) is 46.1 Å². The molecule has 1 saturated carbocycles. The van der Waals surface area contributed by atoms with Crippen LogP contribution in [-0.2, 0) is 20.2 Å². The second-order valence-electron chi connectivity index (χ2n) is 7.99. The summed E-state index contributed by atoms with van der Waals surface area (Å²) in [5.41, 5.74) is 6.97. The smallest absolute Gasteiger partial charge is 0.237 e. The zero-order valence-corrected chi connectivity index (χ0v) is 19.7. The van der Waals surface area contributed by atoms with Crippen molar-refractivity contribution in [3.63, 3.8) is 0 Å². The van der Waals surface area contributed by atoms with Gasteiger partial charge in [0, 0.05) is 11.8 Å². The quantitative estimate of drug-likeness (QED) is 0.447. The highest BCUT2D eigenvalue weighted by Crippen LogP contribution is 2.36. The lowest BCUT2D eigenvalue weighted by Gasteiger charge is -2.29. The van der Waals surface area contributed by atoms with Crippen LogP contribution < -0.4 is 15.2 Å². The molecule has 0 aliphatic heterocycles. The highest BCUT2D eigenvalue weighted by molar-refractivity contribution is 7.93. The van der Waals surface area contributed by atoms with E-state index in [1.807, 2.05) is 26.0 Å². The summed E-state index contributed by atoms with van der Waals surface area (Å²) in [6.07, 6.45) is 6.12. The SMILES string of the molecule is CCOc1cncc(-c2ccc(C(CC)(C(N)=O)c3ccnc(NS(=O)(=O)C4CC4)n3)cc2)n1. The van der Waals surface area contributed by atoms with Gasteiger partial charge in [-0.25, -0.2) is 23.4 Å². The molecule has 10 nitrogen and oxygen atoms in total. The number of nitrogens with one attached hydrogen (secondary N) is 1. The van der Waals surface area contributed by atoms with Gasteiger partial charge in [0.1, 0.15) is 5.41 Å². The van der Waals surface area contributed by atoms with Crippen LogP contribution in [0.1, 0.15) is 44.4 Å². The Hall–Kier alpha value is -3.60. The average Bonchev–Trinajstić information content (AvgIpc) is 3.67. The van der Waals surface area contributed by atoms with Gasteiger partial charge in [0.25, 0.3) is 0 Å². The highest BCUT2D eigenvalue weighted by Gasteiger charge is 2.41. The number of amides is 1. The number of benzene rings is 1. The number of nitrogens with zero attached hydrogens (tertiary/aromatic N) is 4. The number of primary amides is 1. The van der Waals surface area contributed by atoms with Crippen LogP contribution in [0.25, 0.3) is 11.3 Å². The van der Waals surface area contributed by atoms with E-state index in [2.05, 4.69) is 24.7 Å². The molecule has 178 valence electrons. The maximum absolute atomic E-state index is 12.8. The van der Waals surface area contributed by atoms with E-state index in [0.29, 0.717) is 48.7 Å². The summed E-state index contributed by atoms with van der Waals surface area (Å²) in [5.74, 6) is -0.259. The summed E-state index contributed by atoms with van der Waals surface area (Å²) in [5, 5.41) is -0.427. The fourth-order valence-electron chi connectivity index (χ4n) is 3.84.